The maximum Gasteiger partial charge on any atom is 0.267 e. The highest BCUT2D eigenvalue weighted by Crippen LogP contribution is 2.26. The lowest BCUT2D eigenvalue weighted by Crippen LogP contribution is -2.45. The van der Waals surface area contributed by atoms with Crippen LogP contribution in [0.4, 0.5) is 0 Å². The Kier molecular flexibility index (Phi) is 10.1. The zero-order chi connectivity index (χ0) is 29.4. The molecule has 1 unspecified atom stereocenters. The third kappa shape index (κ3) is 8.08. The van der Waals surface area contributed by atoms with Gasteiger partial charge in [0.15, 0.2) is 6.29 Å². The van der Waals surface area contributed by atoms with Gasteiger partial charge in [-0.05, 0) is 73.0 Å². The number of aromatic nitrogens is 1. The standard InChI is InChI=1S/C31H38N4O6S/c1-33-16-18-34(19-17-33)20-22-39-28-11-9-26(10-12-28)27-5-4-6-29(23-27)42(37,38)35-15-14-25(24-35)8-13-30(36)32-41-31-7-2-3-21-40-31/h4-6,8-15,23-24,31H,2-3,7,16-22H2,1H3,(H,32,36). The molecule has 0 spiro atoms. The van der Waals surface area contributed by atoms with E-state index in [0.717, 1.165) is 72.8 Å². The summed E-state index contributed by atoms with van der Waals surface area (Å²) in [5.41, 5.74) is 4.58. The molecule has 2 aromatic carbocycles. The van der Waals surface area contributed by atoms with Gasteiger partial charge in [0.1, 0.15) is 12.4 Å². The molecule has 2 saturated heterocycles. The smallest absolute Gasteiger partial charge is 0.267 e. The second-order valence-corrected chi connectivity index (χ2v) is 12.4. The van der Waals surface area contributed by atoms with Gasteiger partial charge in [0.05, 0.1) is 4.90 Å². The van der Waals surface area contributed by atoms with Gasteiger partial charge >= 0.3 is 0 Å². The van der Waals surface area contributed by atoms with Crippen LogP contribution >= 0.6 is 0 Å². The van der Waals surface area contributed by atoms with Crippen molar-refractivity contribution in [3.8, 4) is 16.9 Å². The van der Waals surface area contributed by atoms with E-state index in [4.69, 9.17) is 14.3 Å². The van der Waals surface area contributed by atoms with Crippen LogP contribution in [0.3, 0.4) is 0 Å². The molecule has 1 atom stereocenters. The minimum absolute atomic E-state index is 0.164. The van der Waals surface area contributed by atoms with Crippen LogP contribution in [0.25, 0.3) is 17.2 Å². The van der Waals surface area contributed by atoms with Crippen molar-refractivity contribution in [3.63, 3.8) is 0 Å². The number of piperazine rings is 1. The van der Waals surface area contributed by atoms with Crippen molar-refractivity contribution in [2.45, 2.75) is 30.4 Å². The van der Waals surface area contributed by atoms with Crippen molar-refractivity contribution in [2.24, 2.45) is 0 Å². The van der Waals surface area contributed by atoms with E-state index in [-0.39, 0.29) is 4.90 Å². The first-order chi connectivity index (χ1) is 20.4. The molecule has 5 rings (SSSR count). The number of ether oxygens (including phenoxy) is 2. The number of nitrogens with one attached hydrogen (secondary N) is 1. The summed E-state index contributed by atoms with van der Waals surface area (Å²) >= 11 is 0. The van der Waals surface area contributed by atoms with Crippen LogP contribution in [0, 0.1) is 0 Å². The van der Waals surface area contributed by atoms with Gasteiger partial charge in [0.2, 0.25) is 0 Å². The molecule has 0 bridgehead atoms. The number of hydrogen-bond donors (Lipinski definition) is 1. The lowest BCUT2D eigenvalue weighted by molar-refractivity contribution is -0.198. The molecule has 42 heavy (non-hydrogen) atoms. The Bertz CT molecular complexity index is 1460. The van der Waals surface area contributed by atoms with Gasteiger partial charge in [0, 0.05) is 64.2 Å². The lowest BCUT2D eigenvalue weighted by atomic mass is 10.1. The molecule has 1 aromatic heterocycles. The molecule has 1 amide bonds. The Balaban J connectivity index is 1.16. The van der Waals surface area contributed by atoms with Gasteiger partial charge in [-0.2, -0.15) is 0 Å². The molecule has 0 aliphatic carbocycles. The summed E-state index contributed by atoms with van der Waals surface area (Å²) in [5.74, 6) is 0.325. The normalized spacial score (nSPS) is 18.7. The third-order valence-electron chi connectivity index (χ3n) is 7.42. The first-order valence-electron chi connectivity index (χ1n) is 14.3. The number of carbonyl (C=O) groups excluding carboxylic acids is 1. The summed E-state index contributed by atoms with van der Waals surface area (Å²) < 4.78 is 39.2. The summed E-state index contributed by atoms with van der Waals surface area (Å²) in [7, 11) is -1.69. The third-order valence-corrected chi connectivity index (χ3v) is 9.05. The maximum atomic E-state index is 13.4. The zero-order valence-electron chi connectivity index (χ0n) is 23.9. The Labute approximate surface area is 247 Å². The van der Waals surface area contributed by atoms with Crippen LogP contribution in [0.2, 0.25) is 0 Å². The quantitative estimate of drug-likeness (QED) is 0.266. The highest BCUT2D eigenvalue weighted by Gasteiger charge is 2.18. The summed E-state index contributed by atoms with van der Waals surface area (Å²) in [4.78, 5) is 22.3. The topological polar surface area (TPSA) is 102 Å². The van der Waals surface area contributed by atoms with Crippen molar-refractivity contribution in [3.05, 3.63) is 78.6 Å². The van der Waals surface area contributed by atoms with Crippen molar-refractivity contribution < 1.29 is 27.5 Å². The largest absolute Gasteiger partial charge is 0.492 e. The molecular weight excluding hydrogens is 556 g/mol. The second-order valence-electron chi connectivity index (χ2n) is 10.5. The number of likely N-dealkylation sites (N-methyl/N-ethyl adjacent to an activating group) is 1. The SMILES string of the molecule is CN1CCN(CCOc2ccc(-c3cccc(S(=O)(=O)n4ccc(C=CC(=O)NOC5CCCCO5)c4)c3)cc2)CC1. The highest BCUT2D eigenvalue weighted by molar-refractivity contribution is 7.90. The van der Waals surface area contributed by atoms with Crippen LogP contribution in [-0.2, 0) is 24.4 Å². The van der Waals surface area contributed by atoms with Gasteiger partial charge in [0.25, 0.3) is 15.9 Å². The Morgan fingerprint density at radius 2 is 1.86 bits per heavy atom. The molecular formula is C31H38N4O6S. The fourth-order valence-electron chi connectivity index (χ4n) is 4.84. The summed E-state index contributed by atoms with van der Waals surface area (Å²) in [6.07, 6.45) is 7.99. The molecule has 11 heteroatoms. The molecule has 2 aliphatic heterocycles. The Morgan fingerprint density at radius 3 is 2.62 bits per heavy atom. The fraction of sp³-hybridized carbons (Fsp3) is 0.387. The first-order valence-corrected chi connectivity index (χ1v) is 15.7. The Hall–Kier alpha value is -3.48. The average Bonchev–Trinajstić information content (AvgIpc) is 3.51. The monoisotopic (exact) mass is 594 g/mol. The van der Waals surface area contributed by atoms with Crippen LogP contribution < -0.4 is 10.2 Å². The van der Waals surface area contributed by atoms with E-state index in [1.165, 1.54) is 24.5 Å². The maximum absolute atomic E-state index is 13.4. The van der Waals surface area contributed by atoms with E-state index in [1.54, 1.807) is 24.3 Å². The average molecular weight is 595 g/mol. The number of hydroxylamine groups is 1. The van der Waals surface area contributed by atoms with Crippen LogP contribution in [0.1, 0.15) is 24.8 Å². The minimum atomic E-state index is -3.84. The Morgan fingerprint density at radius 1 is 1.05 bits per heavy atom. The predicted octanol–water partition coefficient (Wildman–Crippen LogP) is 3.61. The number of hydrogen-bond acceptors (Lipinski definition) is 8. The number of rotatable bonds is 11. The molecule has 2 aliphatic rings. The molecule has 10 nitrogen and oxygen atoms in total. The van der Waals surface area contributed by atoms with E-state index >= 15 is 0 Å². The molecule has 2 fully saturated rings. The molecule has 1 N–H and O–H groups in total. The number of nitrogens with zero attached hydrogens (tertiary/aromatic N) is 3. The van der Waals surface area contributed by atoms with Gasteiger partial charge in [-0.25, -0.2) is 22.7 Å². The molecule has 3 aromatic rings. The summed E-state index contributed by atoms with van der Waals surface area (Å²) in [5, 5.41) is 0. The number of benzene rings is 2. The van der Waals surface area contributed by atoms with Crippen LogP contribution in [-0.4, -0.2) is 87.4 Å². The van der Waals surface area contributed by atoms with E-state index in [2.05, 4.69) is 22.3 Å². The molecule has 0 radical (unpaired) electrons. The number of carbonyl (C=O) groups is 1. The van der Waals surface area contributed by atoms with E-state index < -0.39 is 22.2 Å². The summed E-state index contributed by atoms with van der Waals surface area (Å²) in [6, 6.07) is 16.2. The first kappa shape index (κ1) is 30.0. The molecule has 3 heterocycles. The van der Waals surface area contributed by atoms with Crippen LogP contribution in [0.15, 0.2) is 78.0 Å². The minimum Gasteiger partial charge on any atom is -0.492 e. The highest BCUT2D eigenvalue weighted by atomic mass is 32.2. The predicted molar refractivity (Wildman–Crippen MR) is 160 cm³/mol. The number of amides is 1. The van der Waals surface area contributed by atoms with E-state index in [9.17, 15) is 13.2 Å². The van der Waals surface area contributed by atoms with Gasteiger partial charge in [-0.3, -0.25) is 9.69 Å². The van der Waals surface area contributed by atoms with E-state index in [0.29, 0.717) is 18.8 Å². The molecule has 0 saturated carbocycles. The van der Waals surface area contributed by atoms with Crippen molar-refractivity contribution in [1.82, 2.24) is 19.3 Å². The van der Waals surface area contributed by atoms with Crippen molar-refractivity contribution in [2.75, 3.05) is 53.0 Å². The molecule has 224 valence electrons. The second kappa shape index (κ2) is 14.1. The van der Waals surface area contributed by atoms with Crippen molar-refractivity contribution in [1.29, 1.82) is 0 Å². The van der Waals surface area contributed by atoms with Crippen LogP contribution in [0.5, 0.6) is 5.75 Å². The van der Waals surface area contributed by atoms with Gasteiger partial charge in [-0.1, -0.05) is 24.3 Å². The fourth-order valence-corrected chi connectivity index (χ4v) is 6.09. The summed E-state index contributed by atoms with van der Waals surface area (Å²) in [6.45, 7) is 6.40. The van der Waals surface area contributed by atoms with E-state index in [1.807, 2.05) is 30.3 Å². The zero-order valence-corrected chi connectivity index (χ0v) is 24.7. The lowest BCUT2D eigenvalue weighted by Gasteiger charge is -2.32. The van der Waals surface area contributed by atoms with Gasteiger partial charge in [-0.15, -0.1) is 0 Å². The van der Waals surface area contributed by atoms with Crippen molar-refractivity contribution >= 4 is 22.0 Å². The van der Waals surface area contributed by atoms with Gasteiger partial charge < -0.3 is 14.4 Å².